The van der Waals surface area contributed by atoms with Gasteiger partial charge >= 0.3 is 0 Å². The molecule has 3 heteroatoms. The molecule has 2 rings (SSSR count). The van der Waals surface area contributed by atoms with Crippen LogP contribution in [0.15, 0.2) is 54.6 Å². The summed E-state index contributed by atoms with van der Waals surface area (Å²) >= 11 is 0. The van der Waals surface area contributed by atoms with E-state index in [1.54, 1.807) is 7.11 Å². The molecule has 0 aliphatic rings. The number of benzene rings is 2. The second-order valence-corrected chi connectivity index (χ2v) is 4.42. The minimum Gasteiger partial charge on any atom is -0.497 e. The van der Waals surface area contributed by atoms with Crippen LogP contribution in [0.3, 0.4) is 0 Å². The third-order valence-electron chi connectivity index (χ3n) is 2.95. The molecule has 0 atom stereocenters. The van der Waals surface area contributed by atoms with Gasteiger partial charge in [0.15, 0.2) is 5.78 Å². The largest absolute Gasteiger partial charge is 0.497 e. The van der Waals surface area contributed by atoms with Crippen molar-refractivity contribution in [1.82, 2.24) is 0 Å². The van der Waals surface area contributed by atoms with Gasteiger partial charge in [-0.25, -0.2) is 0 Å². The van der Waals surface area contributed by atoms with Gasteiger partial charge in [0.2, 0.25) is 0 Å². The first-order valence-electron chi connectivity index (χ1n) is 6.64. The molecule has 20 heavy (non-hydrogen) atoms. The average molecular weight is 270 g/mol. The Bertz CT molecular complexity index is 549. The fourth-order valence-corrected chi connectivity index (χ4v) is 1.88. The second kappa shape index (κ2) is 7.34. The lowest BCUT2D eigenvalue weighted by Gasteiger charge is -2.07. The first kappa shape index (κ1) is 14.1. The fraction of sp³-hybridized carbons (Fsp3) is 0.235. The van der Waals surface area contributed by atoms with Crippen molar-refractivity contribution in [1.29, 1.82) is 0 Å². The van der Waals surface area contributed by atoms with Gasteiger partial charge < -0.3 is 9.47 Å². The van der Waals surface area contributed by atoms with Crippen molar-refractivity contribution in [3.8, 4) is 11.5 Å². The predicted octanol–water partition coefficient (Wildman–Crippen LogP) is 3.74. The van der Waals surface area contributed by atoms with Crippen LogP contribution in [0.2, 0.25) is 0 Å². The zero-order valence-electron chi connectivity index (χ0n) is 11.5. The van der Waals surface area contributed by atoms with E-state index in [2.05, 4.69) is 0 Å². The van der Waals surface area contributed by atoms with Crippen molar-refractivity contribution in [2.24, 2.45) is 0 Å². The lowest BCUT2D eigenvalue weighted by molar-refractivity contribution is 0.0973. The van der Waals surface area contributed by atoms with Crippen molar-refractivity contribution < 1.29 is 14.3 Å². The minimum absolute atomic E-state index is 0.153. The van der Waals surface area contributed by atoms with Crippen LogP contribution < -0.4 is 9.47 Å². The molecule has 0 aliphatic heterocycles. The van der Waals surface area contributed by atoms with Crippen molar-refractivity contribution in [3.05, 3.63) is 60.2 Å². The van der Waals surface area contributed by atoms with Crippen LogP contribution >= 0.6 is 0 Å². The van der Waals surface area contributed by atoms with Gasteiger partial charge in [0.25, 0.3) is 0 Å². The molecule has 0 bridgehead atoms. The molecule has 0 spiro atoms. The topological polar surface area (TPSA) is 35.5 Å². The molecule has 0 aromatic heterocycles. The summed E-state index contributed by atoms with van der Waals surface area (Å²) in [5.74, 6) is 1.68. The Morgan fingerprint density at radius 3 is 2.50 bits per heavy atom. The average Bonchev–Trinajstić information content (AvgIpc) is 2.52. The summed E-state index contributed by atoms with van der Waals surface area (Å²) in [6.07, 6.45) is 1.19. The quantitative estimate of drug-likeness (QED) is 0.568. The van der Waals surface area contributed by atoms with Crippen molar-refractivity contribution in [2.45, 2.75) is 12.8 Å². The highest BCUT2D eigenvalue weighted by atomic mass is 16.5. The normalized spacial score (nSPS) is 10.1. The Morgan fingerprint density at radius 1 is 1.00 bits per heavy atom. The molecule has 3 nitrogen and oxygen atoms in total. The van der Waals surface area contributed by atoms with Gasteiger partial charge in [0.05, 0.1) is 13.7 Å². The summed E-state index contributed by atoms with van der Waals surface area (Å²) < 4.78 is 10.7. The highest BCUT2D eigenvalue weighted by molar-refractivity contribution is 5.95. The maximum atomic E-state index is 11.9. The van der Waals surface area contributed by atoms with E-state index in [-0.39, 0.29) is 5.78 Å². The van der Waals surface area contributed by atoms with Crippen molar-refractivity contribution >= 4 is 5.78 Å². The van der Waals surface area contributed by atoms with Gasteiger partial charge in [-0.3, -0.25) is 4.79 Å². The Kier molecular flexibility index (Phi) is 5.18. The lowest BCUT2D eigenvalue weighted by atomic mass is 10.1. The molecule has 0 N–H and O–H groups in total. The SMILES string of the molecule is COc1cccc(OCCCC(=O)c2ccccc2)c1. The van der Waals surface area contributed by atoms with E-state index in [1.807, 2.05) is 54.6 Å². The van der Waals surface area contributed by atoms with Crippen LogP contribution in [0.5, 0.6) is 11.5 Å². The van der Waals surface area contributed by atoms with Gasteiger partial charge in [0.1, 0.15) is 11.5 Å². The van der Waals surface area contributed by atoms with Gasteiger partial charge in [-0.15, -0.1) is 0 Å². The van der Waals surface area contributed by atoms with E-state index in [9.17, 15) is 4.79 Å². The molecule has 0 fully saturated rings. The third-order valence-corrected chi connectivity index (χ3v) is 2.95. The molecule has 0 saturated carbocycles. The van der Waals surface area contributed by atoms with E-state index in [0.29, 0.717) is 19.4 Å². The first-order valence-corrected chi connectivity index (χ1v) is 6.64. The predicted molar refractivity (Wildman–Crippen MR) is 78.5 cm³/mol. The van der Waals surface area contributed by atoms with Crippen LogP contribution in [0, 0.1) is 0 Å². The summed E-state index contributed by atoms with van der Waals surface area (Å²) in [6.45, 7) is 0.520. The number of ketones is 1. The maximum absolute atomic E-state index is 11.9. The van der Waals surface area contributed by atoms with E-state index >= 15 is 0 Å². The molecular weight excluding hydrogens is 252 g/mol. The van der Waals surface area contributed by atoms with Crippen LogP contribution in [0.1, 0.15) is 23.2 Å². The number of carbonyl (C=O) groups excluding carboxylic acids is 1. The van der Waals surface area contributed by atoms with Gasteiger partial charge in [0, 0.05) is 18.1 Å². The number of Topliss-reactive ketones (excluding diaryl/α,β-unsaturated/α-hetero) is 1. The van der Waals surface area contributed by atoms with Crippen LogP contribution in [-0.2, 0) is 0 Å². The Hall–Kier alpha value is -2.29. The van der Waals surface area contributed by atoms with E-state index in [1.165, 1.54) is 0 Å². The van der Waals surface area contributed by atoms with Gasteiger partial charge in [-0.1, -0.05) is 36.4 Å². The molecule has 2 aromatic rings. The molecule has 104 valence electrons. The summed E-state index contributed by atoms with van der Waals surface area (Å²) in [5, 5.41) is 0. The zero-order chi connectivity index (χ0) is 14.2. The Balaban J connectivity index is 1.75. The van der Waals surface area contributed by atoms with Crippen molar-refractivity contribution in [3.63, 3.8) is 0 Å². The van der Waals surface area contributed by atoms with Crippen LogP contribution in [0.4, 0.5) is 0 Å². The van der Waals surface area contributed by atoms with Crippen molar-refractivity contribution in [2.75, 3.05) is 13.7 Å². The van der Waals surface area contributed by atoms with Gasteiger partial charge in [-0.2, -0.15) is 0 Å². The smallest absolute Gasteiger partial charge is 0.163 e. The molecule has 0 radical (unpaired) electrons. The third kappa shape index (κ3) is 4.12. The summed E-state index contributed by atoms with van der Waals surface area (Å²) in [5.41, 5.74) is 0.758. The van der Waals surface area contributed by atoms with E-state index in [0.717, 1.165) is 17.1 Å². The monoisotopic (exact) mass is 270 g/mol. The fourth-order valence-electron chi connectivity index (χ4n) is 1.88. The molecule has 0 heterocycles. The standard InChI is InChI=1S/C17H18O3/c1-19-15-9-5-10-16(13-15)20-12-6-11-17(18)14-7-3-2-4-8-14/h2-5,7-10,13H,6,11-12H2,1H3. The Morgan fingerprint density at radius 2 is 1.75 bits per heavy atom. The first-order chi connectivity index (χ1) is 9.79. The zero-order valence-corrected chi connectivity index (χ0v) is 11.5. The molecule has 0 aliphatic carbocycles. The second-order valence-electron chi connectivity index (χ2n) is 4.42. The minimum atomic E-state index is 0.153. The maximum Gasteiger partial charge on any atom is 0.163 e. The number of rotatable bonds is 7. The highest BCUT2D eigenvalue weighted by Crippen LogP contribution is 2.19. The number of ether oxygens (including phenoxy) is 2. The highest BCUT2D eigenvalue weighted by Gasteiger charge is 2.04. The Labute approximate surface area is 119 Å². The van der Waals surface area contributed by atoms with E-state index in [4.69, 9.17) is 9.47 Å². The molecule has 0 unspecified atom stereocenters. The number of methoxy groups -OCH3 is 1. The molecular formula is C17H18O3. The lowest BCUT2D eigenvalue weighted by Crippen LogP contribution is -2.03. The van der Waals surface area contributed by atoms with Crippen LogP contribution in [-0.4, -0.2) is 19.5 Å². The number of carbonyl (C=O) groups is 1. The number of hydrogen-bond acceptors (Lipinski definition) is 3. The number of hydrogen-bond donors (Lipinski definition) is 0. The summed E-state index contributed by atoms with van der Waals surface area (Å²) in [6, 6.07) is 16.8. The summed E-state index contributed by atoms with van der Waals surface area (Å²) in [7, 11) is 1.62. The van der Waals surface area contributed by atoms with Gasteiger partial charge in [-0.05, 0) is 18.6 Å². The molecule has 2 aromatic carbocycles. The molecule has 0 saturated heterocycles. The van der Waals surface area contributed by atoms with E-state index < -0.39 is 0 Å². The molecule has 0 amide bonds. The van der Waals surface area contributed by atoms with Crippen LogP contribution in [0.25, 0.3) is 0 Å². The summed E-state index contributed by atoms with van der Waals surface area (Å²) in [4.78, 5) is 11.9.